The lowest BCUT2D eigenvalue weighted by atomic mass is 10.0. The van der Waals surface area contributed by atoms with Gasteiger partial charge in [-0.1, -0.05) is 59.6 Å². The molecular weight excluding hydrogens is 277 g/mol. The molecule has 100 valence electrons. The predicted molar refractivity (Wildman–Crippen MR) is 83.9 cm³/mol. The third-order valence-corrected chi connectivity index (χ3v) is 3.92. The van der Waals surface area contributed by atoms with Crippen LogP contribution in [0.15, 0.2) is 42.5 Å². The molecule has 0 aliphatic carbocycles. The van der Waals surface area contributed by atoms with Gasteiger partial charge in [-0.15, -0.1) is 0 Å². The van der Waals surface area contributed by atoms with Gasteiger partial charge in [0.2, 0.25) is 0 Å². The highest BCUT2D eigenvalue weighted by molar-refractivity contribution is 6.43. The van der Waals surface area contributed by atoms with Crippen LogP contribution < -0.4 is 5.73 Å². The van der Waals surface area contributed by atoms with Gasteiger partial charge in [0.25, 0.3) is 0 Å². The molecule has 0 aliphatic heterocycles. The quantitative estimate of drug-likeness (QED) is 0.849. The monoisotopic (exact) mass is 293 g/mol. The molecule has 2 N–H and O–H groups in total. The maximum absolute atomic E-state index is 6.22. The second-order valence-electron chi connectivity index (χ2n) is 4.81. The number of rotatable bonds is 4. The van der Waals surface area contributed by atoms with Crippen molar-refractivity contribution in [3.8, 4) is 11.1 Å². The summed E-state index contributed by atoms with van der Waals surface area (Å²) < 4.78 is 0. The molecule has 0 amide bonds. The summed E-state index contributed by atoms with van der Waals surface area (Å²) in [7, 11) is 0. The highest BCUT2D eigenvalue weighted by Crippen LogP contribution is 2.33. The number of nitrogens with two attached hydrogens (primary N) is 1. The van der Waals surface area contributed by atoms with E-state index in [4.69, 9.17) is 28.9 Å². The van der Waals surface area contributed by atoms with Gasteiger partial charge >= 0.3 is 0 Å². The van der Waals surface area contributed by atoms with Gasteiger partial charge in [-0.2, -0.15) is 0 Å². The molecule has 1 atom stereocenters. The van der Waals surface area contributed by atoms with Gasteiger partial charge in [0.05, 0.1) is 10.0 Å². The Bertz CT molecular complexity index is 547. The van der Waals surface area contributed by atoms with Gasteiger partial charge in [-0.3, -0.25) is 0 Å². The third-order valence-electron chi connectivity index (χ3n) is 3.10. The molecule has 1 nitrogen and oxygen atoms in total. The number of halogens is 2. The smallest absolute Gasteiger partial charge is 0.0670 e. The van der Waals surface area contributed by atoms with Gasteiger partial charge < -0.3 is 5.73 Å². The van der Waals surface area contributed by atoms with Gasteiger partial charge in [0, 0.05) is 11.6 Å². The zero-order valence-corrected chi connectivity index (χ0v) is 12.4. The van der Waals surface area contributed by atoms with Crippen LogP contribution in [0.3, 0.4) is 0 Å². The minimum atomic E-state index is 0.238. The lowest BCUT2D eigenvalue weighted by Gasteiger charge is -2.08. The molecule has 3 heteroatoms. The number of benzene rings is 2. The van der Waals surface area contributed by atoms with Crippen molar-refractivity contribution in [1.29, 1.82) is 0 Å². The minimum Gasteiger partial charge on any atom is -0.328 e. The predicted octanol–water partition coefficient (Wildman–Crippen LogP) is 4.94. The standard InChI is InChI=1S/C16H17Cl2N/c1-11(19)5-6-12-7-9-13(10-8-12)14-3-2-4-15(17)16(14)18/h2-4,7-11H,5-6,19H2,1H3. The Morgan fingerprint density at radius 1 is 1.05 bits per heavy atom. The van der Waals surface area contributed by atoms with Crippen molar-refractivity contribution in [1.82, 2.24) is 0 Å². The van der Waals surface area contributed by atoms with Crippen molar-refractivity contribution in [2.24, 2.45) is 5.73 Å². The Morgan fingerprint density at radius 2 is 1.74 bits per heavy atom. The van der Waals surface area contributed by atoms with Crippen LogP contribution >= 0.6 is 23.2 Å². The molecule has 0 heterocycles. The summed E-state index contributed by atoms with van der Waals surface area (Å²) in [5, 5.41) is 1.19. The first-order chi connectivity index (χ1) is 9.08. The number of hydrogen-bond acceptors (Lipinski definition) is 1. The van der Waals surface area contributed by atoms with E-state index in [-0.39, 0.29) is 6.04 Å². The van der Waals surface area contributed by atoms with E-state index in [1.807, 2.05) is 19.1 Å². The minimum absolute atomic E-state index is 0.238. The van der Waals surface area contributed by atoms with Gasteiger partial charge in [0.15, 0.2) is 0 Å². The molecule has 0 saturated carbocycles. The fourth-order valence-electron chi connectivity index (χ4n) is 1.97. The summed E-state index contributed by atoms with van der Waals surface area (Å²) >= 11 is 12.3. The van der Waals surface area contributed by atoms with Gasteiger partial charge in [0.1, 0.15) is 0 Å². The largest absolute Gasteiger partial charge is 0.328 e. The summed E-state index contributed by atoms with van der Waals surface area (Å²) in [5.74, 6) is 0. The average molecular weight is 294 g/mol. The lowest BCUT2D eigenvalue weighted by molar-refractivity contribution is 0.666. The number of hydrogen-bond donors (Lipinski definition) is 1. The third kappa shape index (κ3) is 3.73. The maximum Gasteiger partial charge on any atom is 0.0670 e. The first-order valence-corrected chi connectivity index (χ1v) is 7.12. The Kier molecular flexibility index (Phi) is 4.87. The summed E-state index contributed by atoms with van der Waals surface area (Å²) in [6.45, 7) is 2.03. The molecule has 2 aromatic carbocycles. The molecule has 2 aromatic rings. The zero-order valence-electron chi connectivity index (χ0n) is 10.9. The zero-order chi connectivity index (χ0) is 13.8. The van der Waals surface area contributed by atoms with E-state index in [2.05, 4.69) is 24.3 Å². The van der Waals surface area contributed by atoms with Crippen LogP contribution in [0, 0.1) is 0 Å². The van der Waals surface area contributed by atoms with Gasteiger partial charge in [-0.05, 0) is 37.0 Å². The van der Waals surface area contributed by atoms with E-state index in [0.717, 1.165) is 24.0 Å². The van der Waals surface area contributed by atoms with E-state index in [1.54, 1.807) is 6.07 Å². The molecule has 0 aliphatic rings. The summed E-state index contributed by atoms with van der Waals surface area (Å²) in [6.07, 6.45) is 2.00. The van der Waals surface area contributed by atoms with Crippen molar-refractivity contribution >= 4 is 23.2 Å². The normalized spacial score (nSPS) is 12.4. The van der Waals surface area contributed by atoms with E-state index in [1.165, 1.54) is 5.56 Å². The van der Waals surface area contributed by atoms with Crippen molar-refractivity contribution in [3.63, 3.8) is 0 Å². The molecule has 0 aromatic heterocycles. The van der Waals surface area contributed by atoms with Crippen molar-refractivity contribution in [3.05, 3.63) is 58.1 Å². The molecule has 19 heavy (non-hydrogen) atoms. The maximum atomic E-state index is 6.22. The van der Waals surface area contributed by atoms with E-state index in [0.29, 0.717) is 10.0 Å². The molecule has 0 spiro atoms. The lowest BCUT2D eigenvalue weighted by Crippen LogP contribution is -2.15. The van der Waals surface area contributed by atoms with Crippen molar-refractivity contribution in [2.75, 3.05) is 0 Å². The van der Waals surface area contributed by atoms with Gasteiger partial charge in [-0.25, -0.2) is 0 Å². The second kappa shape index (κ2) is 6.42. The van der Waals surface area contributed by atoms with Crippen LogP contribution in [-0.2, 0) is 6.42 Å². The van der Waals surface area contributed by atoms with E-state index in [9.17, 15) is 0 Å². The summed E-state index contributed by atoms with van der Waals surface area (Å²) in [4.78, 5) is 0. The first kappa shape index (κ1) is 14.4. The van der Waals surface area contributed by atoms with E-state index >= 15 is 0 Å². The summed E-state index contributed by atoms with van der Waals surface area (Å²) in [5.41, 5.74) is 9.10. The van der Waals surface area contributed by atoms with E-state index < -0.39 is 0 Å². The average Bonchev–Trinajstić information content (AvgIpc) is 2.40. The molecular formula is C16H17Cl2N. The van der Waals surface area contributed by atoms with Crippen LogP contribution in [-0.4, -0.2) is 6.04 Å². The molecule has 1 unspecified atom stereocenters. The highest BCUT2D eigenvalue weighted by atomic mass is 35.5. The Labute approximate surface area is 124 Å². The SMILES string of the molecule is CC(N)CCc1ccc(-c2cccc(Cl)c2Cl)cc1. The van der Waals surface area contributed by atoms with Crippen LogP contribution in [0.5, 0.6) is 0 Å². The fraction of sp³-hybridized carbons (Fsp3) is 0.250. The Morgan fingerprint density at radius 3 is 2.37 bits per heavy atom. The molecule has 0 radical (unpaired) electrons. The Balaban J connectivity index is 2.20. The topological polar surface area (TPSA) is 26.0 Å². The molecule has 0 bridgehead atoms. The van der Waals surface area contributed by atoms with Crippen molar-refractivity contribution in [2.45, 2.75) is 25.8 Å². The molecule has 0 fully saturated rings. The number of aryl methyl sites for hydroxylation is 1. The second-order valence-corrected chi connectivity index (χ2v) is 5.60. The Hall–Kier alpha value is -1.02. The van der Waals surface area contributed by atoms with Crippen LogP contribution in [0.25, 0.3) is 11.1 Å². The van der Waals surface area contributed by atoms with Crippen LogP contribution in [0.2, 0.25) is 10.0 Å². The fourth-order valence-corrected chi connectivity index (χ4v) is 2.38. The summed E-state index contributed by atoms with van der Waals surface area (Å²) in [6, 6.07) is 14.3. The van der Waals surface area contributed by atoms with Crippen LogP contribution in [0.1, 0.15) is 18.9 Å². The van der Waals surface area contributed by atoms with Crippen LogP contribution in [0.4, 0.5) is 0 Å². The first-order valence-electron chi connectivity index (χ1n) is 6.37. The highest BCUT2D eigenvalue weighted by Gasteiger charge is 2.06. The molecule has 2 rings (SSSR count). The molecule has 0 saturated heterocycles. The van der Waals surface area contributed by atoms with Crippen molar-refractivity contribution < 1.29 is 0 Å².